The minimum atomic E-state index is -0.765. The van der Waals surface area contributed by atoms with E-state index in [-0.39, 0.29) is 18.2 Å². The molecule has 6 nitrogen and oxygen atoms in total. The molecule has 2 amide bonds. The molecule has 2 saturated heterocycles. The zero-order valence-electron chi connectivity index (χ0n) is 11.0. The van der Waals surface area contributed by atoms with Crippen LogP contribution in [0.2, 0.25) is 0 Å². The lowest BCUT2D eigenvalue weighted by molar-refractivity contribution is -0.171. The lowest BCUT2D eigenvalue weighted by atomic mass is 10.0. The van der Waals surface area contributed by atoms with E-state index in [4.69, 9.17) is 9.47 Å². The molecule has 2 fully saturated rings. The van der Waals surface area contributed by atoms with Crippen LogP contribution in [-0.4, -0.2) is 72.7 Å². The van der Waals surface area contributed by atoms with Gasteiger partial charge < -0.3 is 24.4 Å². The van der Waals surface area contributed by atoms with Gasteiger partial charge in [0.05, 0.1) is 19.3 Å². The smallest absolute Gasteiger partial charge is 0.320 e. The number of nitrogens with zero attached hydrogens (tertiary/aromatic N) is 2. The first-order valence-electron chi connectivity index (χ1n) is 6.51. The van der Waals surface area contributed by atoms with Crippen molar-refractivity contribution >= 4 is 6.03 Å². The third-order valence-corrected chi connectivity index (χ3v) is 3.60. The number of aliphatic hydroxyl groups excluding tert-OH is 1. The molecule has 0 aliphatic carbocycles. The molecule has 1 unspecified atom stereocenters. The van der Waals surface area contributed by atoms with Gasteiger partial charge in [0.2, 0.25) is 0 Å². The quantitative estimate of drug-likeness (QED) is 0.732. The number of carbonyl (C=O) groups excluding carboxylic acids is 1. The molecule has 0 aromatic carbocycles. The van der Waals surface area contributed by atoms with Gasteiger partial charge in [0, 0.05) is 32.6 Å². The average molecular weight is 258 g/mol. The summed E-state index contributed by atoms with van der Waals surface area (Å²) in [4.78, 5) is 15.8. The Kier molecular flexibility index (Phi) is 4.42. The van der Waals surface area contributed by atoms with E-state index in [1.807, 2.05) is 6.92 Å². The molecule has 2 aliphatic rings. The Morgan fingerprint density at radius 3 is 2.61 bits per heavy atom. The van der Waals surface area contributed by atoms with Crippen molar-refractivity contribution in [1.29, 1.82) is 0 Å². The number of rotatable bonds is 1. The fraction of sp³-hybridized carbons (Fsp3) is 0.917. The summed E-state index contributed by atoms with van der Waals surface area (Å²) in [6.45, 7) is 4.41. The summed E-state index contributed by atoms with van der Waals surface area (Å²) in [5, 5.41) is 9.60. The summed E-state index contributed by atoms with van der Waals surface area (Å²) in [5.74, 6) is 0. The molecule has 0 saturated carbocycles. The molecule has 2 heterocycles. The Morgan fingerprint density at radius 1 is 1.33 bits per heavy atom. The summed E-state index contributed by atoms with van der Waals surface area (Å²) >= 11 is 0. The SMILES string of the molecule is C[C@@H]1C[C@H](N(C)C(=O)N2CCOCC2)CC(O)O1. The molecule has 0 aromatic heterocycles. The van der Waals surface area contributed by atoms with Gasteiger partial charge in [-0.15, -0.1) is 0 Å². The van der Waals surface area contributed by atoms with Crippen molar-refractivity contribution in [3.8, 4) is 0 Å². The van der Waals surface area contributed by atoms with Crippen LogP contribution in [0.25, 0.3) is 0 Å². The number of ether oxygens (including phenoxy) is 2. The van der Waals surface area contributed by atoms with Crippen LogP contribution >= 0.6 is 0 Å². The molecule has 0 aromatic rings. The van der Waals surface area contributed by atoms with E-state index >= 15 is 0 Å². The normalized spacial score (nSPS) is 33.3. The topological polar surface area (TPSA) is 62.2 Å². The molecule has 104 valence electrons. The first-order chi connectivity index (χ1) is 8.58. The fourth-order valence-corrected chi connectivity index (χ4v) is 2.54. The lowest BCUT2D eigenvalue weighted by Crippen LogP contribution is -2.52. The zero-order valence-corrected chi connectivity index (χ0v) is 11.0. The average Bonchev–Trinajstić information content (AvgIpc) is 2.37. The molecule has 0 spiro atoms. The minimum absolute atomic E-state index is 0.0151. The van der Waals surface area contributed by atoms with E-state index in [9.17, 15) is 9.90 Å². The highest BCUT2D eigenvalue weighted by molar-refractivity contribution is 5.74. The summed E-state index contributed by atoms with van der Waals surface area (Å²) in [6, 6.07) is 0.0590. The molecule has 0 radical (unpaired) electrons. The maximum absolute atomic E-state index is 12.3. The van der Waals surface area contributed by atoms with E-state index in [2.05, 4.69) is 0 Å². The van der Waals surface area contributed by atoms with Crippen LogP contribution in [0.15, 0.2) is 0 Å². The van der Waals surface area contributed by atoms with Gasteiger partial charge in [0.25, 0.3) is 0 Å². The summed E-state index contributed by atoms with van der Waals surface area (Å²) < 4.78 is 10.5. The summed E-state index contributed by atoms with van der Waals surface area (Å²) in [7, 11) is 1.80. The monoisotopic (exact) mass is 258 g/mol. The number of urea groups is 1. The molecule has 1 N–H and O–H groups in total. The first kappa shape index (κ1) is 13.6. The number of carbonyl (C=O) groups is 1. The Morgan fingerprint density at radius 2 is 2.00 bits per heavy atom. The van der Waals surface area contributed by atoms with Gasteiger partial charge in [-0.25, -0.2) is 4.79 Å². The van der Waals surface area contributed by atoms with Crippen LogP contribution in [0.1, 0.15) is 19.8 Å². The van der Waals surface area contributed by atoms with E-state index in [0.717, 1.165) is 6.42 Å². The molecule has 18 heavy (non-hydrogen) atoms. The Bertz CT molecular complexity index is 284. The third kappa shape index (κ3) is 3.13. The van der Waals surface area contributed by atoms with Crippen LogP contribution in [0.5, 0.6) is 0 Å². The van der Waals surface area contributed by atoms with Gasteiger partial charge in [-0.1, -0.05) is 0 Å². The van der Waals surface area contributed by atoms with Crippen LogP contribution < -0.4 is 0 Å². The van der Waals surface area contributed by atoms with Crippen molar-refractivity contribution in [2.24, 2.45) is 0 Å². The highest BCUT2D eigenvalue weighted by atomic mass is 16.6. The maximum Gasteiger partial charge on any atom is 0.320 e. The van der Waals surface area contributed by atoms with Crippen molar-refractivity contribution in [2.75, 3.05) is 33.4 Å². The van der Waals surface area contributed by atoms with Crippen molar-refractivity contribution in [1.82, 2.24) is 9.80 Å². The molecule has 3 atom stereocenters. The van der Waals surface area contributed by atoms with Crippen molar-refractivity contribution < 1.29 is 19.4 Å². The van der Waals surface area contributed by atoms with Gasteiger partial charge in [0.15, 0.2) is 6.29 Å². The Hall–Kier alpha value is -0.850. The second-order valence-corrected chi connectivity index (χ2v) is 5.02. The standard InChI is InChI=1S/C12H22N2O4/c1-9-7-10(8-11(15)18-9)13(2)12(16)14-3-5-17-6-4-14/h9-11,15H,3-8H2,1-2H3/t9-,10+,11?/m1/s1. The zero-order chi connectivity index (χ0) is 13.1. The maximum atomic E-state index is 12.3. The second-order valence-electron chi connectivity index (χ2n) is 5.02. The second kappa shape index (κ2) is 5.86. The highest BCUT2D eigenvalue weighted by Gasteiger charge is 2.32. The molecule has 2 rings (SSSR count). The van der Waals surface area contributed by atoms with E-state index in [1.54, 1.807) is 16.8 Å². The van der Waals surface area contributed by atoms with Crippen molar-refractivity contribution in [3.05, 3.63) is 0 Å². The van der Waals surface area contributed by atoms with Gasteiger partial charge in [0.1, 0.15) is 0 Å². The highest BCUT2D eigenvalue weighted by Crippen LogP contribution is 2.22. The van der Waals surface area contributed by atoms with E-state index in [1.165, 1.54) is 0 Å². The van der Waals surface area contributed by atoms with Crippen LogP contribution in [0.3, 0.4) is 0 Å². The van der Waals surface area contributed by atoms with Gasteiger partial charge in [-0.3, -0.25) is 0 Å². The largest absolute Gasteiger partial charge is 0.378 e. The number of hydrogen-bond acceptors (Lipinski definition) is 4. The number of hydrogen-bond donors (Lipinski definition) is 1. The predicted octanol–water partition coefficient (Wildman–Crippen LogP) is 0.256. The Balaban J connectivity index is 1.92. The predicted molar refractivity (Wildman–Crippen MR) is 65.1 cm³/mol. The first-order valence-corrected chi connectivity index (χ1v) is 6.51. The number of morpholine rings is 1. The summed E-state index contributed by atoms with van der Waals surface area (Å²) in [5.41, 5.74) is 0. The van der Waals surface area contributed by atoms with Gasteiger partial charge in [-0.05, 0) is 13.3 Å². The van der Waals surface area contributed by atoms with E-state index in [0.29, 0.717) is 32.7 Å². The molecule has 6 heteroatoms. The van der Waals surface area contributed by atoms with Gasteiger partial charge in [-0.2, -0.15) is 0 Å². The molecule has 0 bridgehead atoms. The van der Waals surface area contributed by atoms with Crippen LogP contribution in [0, 0.1) is 0 Å². The van der Waals surface area contributed by atoms with Crippen LogP contribution in [-0.2, 0) is 9.47 Å². The fourth-order valence-electron chi connectivity index (χ4n) is 2.54. The Labute approximate surface area is 107 Å². The molecular formula is C12H22N2O4. The summed E-state index contributed by atoms with van der Waals surface area (Å²) in [6.07, 6.45) is 0.470. The molecule has 2 aliphatic heterocycles. The van der Waals surface area contributed by atoms with Crippen molar-refractivity contribution in [2.45, 2.75) is 38.2 Å². The number of amides is 2. The number of aliphatic hydroxyl groups is 1. The van der Waals surface area contributed by atoms with E-state index < -0.39 is 6.29 Å². The van der Waals surface area contributed by atoms with Gasteiger partial charge >= 0.3 is 6.03 Å². The van der Waals surface area contributed by atoms with Crippen LogP contribution in [0.4, 0.5) is 4.79 Å². The van der Waals surface area contributed by atoms with Crippen molar-refractivity contribution in [3.63, 3.8) is 0 Å². The lowest BCUT2D eigenvalue weighted by Gasteiger charge is -2.39. The minimum Gasteiger partial charge on any atom is -0.378 e. The molecular weight excluding hydrogens is 236 g/mol. The third-order valence-electron chi connectivity index (χ3n) is 3.60.